The third kappa shape index (κ3) is 4.58. The van der Waals surface area contributed by atoms with Crippen LogP contribution < -0.4 is 9.64 Å². The standard InChI is InChI=1S/C15H18ClN3O2/c1-4-20-10-14-17-13(16)9-15(18-14)21-12-7-5-6-11(8-12)19(2)3/h5-9H,4,10H2,1-3H3. The molecule has 1 heterocycles. The van der Waals surface area contributed by atoms with Crippen molar-refractivity contribution in [2.75, 3.05) is 25.6 Å². The number of halogens is 1. The van der Waals surface area contributed by atoms with Crippen molar-refractivity contribution in [3.05, 3.63) is 41.3 Å². The first-order valence-corrected chi connectivity index (χ1v) is 7.02. The van der Waals surface area contributed by atoms with Crippen molar-refractivity contribution in [2.45, 2.75) is 13.5 Å². The largest absolute Gasteiger partial charge is 0.439 e. The van der Waals surface area contributed by atoms with E-state index in [-0.39, 0.29) is 0 Å². The molecule has 0 spiro atoms. The summed E-state index contributed by atoms with van der Waals surface area (Å²) in [6.45, 7) is 2.82. The van der Waals surface area contributed by atoms with E-state index < -0.39 is 0 Å². The highest BCUT2D eigenvalue weighted by atomic mass is 35.5. The summed E-state index contributed by atoms with van der Waals surface area (Å²) in [5.41, 5.74) is 1.04. The minimum atomic E-state index is 0.311. The van der Waals surface area contributed by atoms with E-state index in [0.717, 1.165) is 5.69 Å². The summed E-state index contributed by atoms with van der Waals surface area (Å²) < 4.78 is 11.0. The maximum atomic E-state index is 5.98. The third-order valence-electron chi connectivity index (χ3n) is 2.71. The van der Waals surface area contributed by atoms with Crippen molar-refractivity contribution < 1.29 is 9.47 Å². The molecule has 5 nitrogen and oxygen atoms in total. The van der Waals surface area contributed by atoms with Gasteiger partial charge in [0.2, 0.25) is 5.88 Å². The minimum absolute atomic E-state index is 0.311. The third-order valence-corrected chi connectivity index (χ3v) is 2.90. The van der Waals surface area contributed by atoms with Gasteiger partial charge in [-0.05, 0) is 19.1 Å². The predicted octanol–water partition coefficient (Wildman–Crippen LogP) is 3.52. The first kappa shape index (κ1) is 15.5. The Labute approximate surface area is 129 Å². The fourth-order valence-corrected chi connectivity index (χ4v) is 1.89. The molecule has 0 unspecified atom stereocenters. The van der Waals surface area contributed by atoms with E-state index in [4.69, 9.17) is 21.1 Å². The minimum Gasteiger partial charge on any atom is -0.439 e. The Balaban J connectivity index is 2.18. The summed E-state index contributed by atoms with van der Waals surface area (Å²) in [5.74, 6) is 1.60. The van der Waals surface area contributed by atoms with E-state index in [0.29, 0.717) is 35.8 Å². The van der Waals surface area contributed by atoms with Crippen LogP contribution in [-0.4, -0.2) is 30.7 Å². The Kier molecular flexibility index (Phi) is 5.36. The van der Waals surface area contributed by atoms with Gasteiger partial charge in [0.1, 0.15) is 17.5 Å². The Hall–Kier alpha value is -1.85. The van der Waals surface area contributed by atoms with Crippen LogP contribution in [0.15, 0.2) is 30.3 Å². The quantitative estimate of drug-likeness (QED) is 0.764. The number of hydrogen-bond acceptors (Lipinski definition) is 5. The van der Waals surface area contributed by atoms with E-state index in [2.05, 4.69) is 9.97 Å². The molecule has 6 heteroatoms. The lowest BCUT2D eigenvalue weighted by Crippen LogP contribution is -2.08. The van der Waals surface area contributed by atoms with Gasteiger partial charge in [-0.25, -0.2) is 4.98 Å². The van der Waals surface area contributed by atoms with Gasteiger partial charge in [0, 0.05) is 38.5 Å². The lowest BCUT2D eigenvalue weighted by Gasteiger charge is -2.14. The highest BCUT2D eigenvalue weighted by Crippen LogP contribution is 2.25. The van der Waals surface area contributed by atoms with Crippen molar-refractivity contribution in [3.63, 3.8) is 0 Å². The van der Waals surface area contributed by atoms with Gasteiger partial charge in [0.15, 0.2) is 5.82 Å². The number of hydrogen-bond donors (Lipinski definition) is 0. The maximum absolute atomic E-state index is 5.98. The van der Waals surface area contributed by atoms with Crippen LogP contribution in [0.1, 0.15) is 12.7 Å². The molecule has 0 N–H and O–H groups in total. The smallest absolute Gasteiger partial charge is 0.224 e. The summed E-state index contributed by atoms with van der Waals surface area (Å²) >= 11 is 5.98. The molecule has 0 radical (unpaired) electrons. The molecule has 0 bridgehead atoms. The van der Waals surface area contributed by atoms with Crippen LogP contribution in [0.3, 0.4) is 0 Å². The second kappa shape index (κ2) is 7.24. The molecular formula is C15H18ClN3O2. The van der Waals surface area contributed by atoms with Gasteiger partial charge in [-0.3, -0.25) is 0 Å². The summed E-state index contributed by atoms with van der Waals surface area (Å²) in [6, 6.07) is 9.30. The highest BCUT2D eigenvalue weighted by Gasteiger charge is 2.06. The number of benzene rings is 1. The Morgan fingerprint density at radius 2 is 2.00 bits per heavy atom. The van der Waals surface area contributed by atoms with Crippen LogP contribution >= 0.6 is 11.6 Å². The van der Waals surface area contributed by atoms with Crippen molar-refractivity contribution in [3.8, 4) is 11.6 Å². The molecule has 0 aliphatic rings. The zero-order valence-corrected chi connectivity index (χ0v) is 13.1. The molecule has 0 amide bonds. The Morgan fingerprint density at radius 1 is 1.19 bits per heavy atom. The second-order valence-corrected chi connectivity index (χ2v) is 4.96. The maximum Gasteiger partial charge on any atom is 0.224 e. The van der Waals surface area contributed by atoms with Gasteiger partial charge in [-0.2, -0.15) is 4.98 Å². The average Bonchev–Trinajstić information content (AvgIpc) is 2.45. The molecule has 0 aliphatic heterocycles. The first-order valence-electron chi connectivity index (χ1n) is 6.65. The molecule has 2 aromatic rings. The van der Waals surface area contributed by atoms with Crippen molar-refractivity contribution in [2.24, 2.45) is 0 Å². The number of nitrogens with zero attached hydrogens (tertiary/aromatic N) is 3. The van der Waals surface area contributed by atoms with Crippen molar-refractivity contribution >= 4 is 17.3 Å². The molecule has 0 atom stereocenters. The molecule has 0 fully saturated rings. The summed E-state index contributed by atoms with van der Waals surface area (Å²) in [4.78, 5) is 10.4. The molecule has 21 heavy (non-hydrogen) atoms. The zero-order chi connectivity index (χ0) is 15.2. The molecule has 112 valence electrons. The second-order valence-electron chi connectivity index (χ2n) is 4.58. The van der Waals surface area contributed by atoms with Crippen LogP contribution in [0.2, 0.25) is 5.15 Å². The summed E-state index contributed by atoms with van der Waals surface area (Å²) in [5, 5.41) is 0.332. The fraction of sp³-hybridized carbons (Fsp3) is 0.333. The van der Waals surface area contributed by atoms with Gasteiger partial charge in [-0.15, -0.1) is 0 Å². The SMILES string of the molecule is CCOCc1nc(Cl)cc(Oc2cccc(N(C)C)c2)n1. The van der Waals surface area contributed by atoms with Gasteiger partial charge in [0.25, 0.3) is 0 Å². The van der Waals surface area contributed by atoms with Crippen molar-refractivity contribution in [1.82, 2.24) is 9.97 Å². The molecule has 1 aromatic carbocycles. The number of rotatable bonds is 6. The fourth-order valence-electron chi connectivity index (χ4n) is 1.70. The highest BCUT2D eigenvalue weighted by molar-refractivity contribution is 6.29. The van der Waals surface area contributed by atoms with Gasteiger partial charge < -0.3 is 14.4 Å². The molecule has 0 saturated heterocycles. The lowest BCUT2D eigenvalue weighted by molar-refractivity contribution is 0.128. The molecule has 0 saturated carbocycles. The monoisotopic (exact) mass is 307 g/mol. The van der Waals surface area contributed by atoms with Crippen LogP contribution in [0.25, 0.3) is 0 Å². The average molecular weight is 308 g/mol. The van der Waals surface area contributed by atoms with E-state index in [1.54, 1.807) is 6.07 Å². The van der Waals surface area contributed by atoms with Crippen LogP contribution in [0, 0.1) is 0 Å². The zero-order valence-electron chi connectivity index (χ0n) is 12.3. The van der Waals surface area contributed by atoms with E-state index in [1.807, 2.05) is 50.2 Å². The molecule has 2 rings (SSSR count). The molecule has 1 aromatic heterocycles. The van der Waals surface area contributed by atoms with Gasteiger partial charge >= 0.3 is 0 Å². The summed E-state index contributed by atoms with van der Waals surface area (Å²) in [7, 11) is 3.95. The number of ether oxygens (including phenoxy) is 2. The normalized spacial score (nSPS) is 10.5. The number of aromatic nitrogens is 2. The van der Waals surface area contributed by atoms with Crippen LogP contribution in [-0.2, 0) is 11.3 Å². The molecule has 0 aliphatic carbocycles. The van der Waals surface area contributed by atoms with E-state index in [9.17, 15) is 0 Å². The Morgan fingerprint density at radius 3 is 2.71 bits per heavy atom. The van der Waals surface area contributed by atoms with E-state index in [1.165, 1.54) is 0 Å². The predicted molar refractivity (Wildman–Crippen MR) is 83.2 cm³/mol. The van der Waals surface area contributed by atoms with Gasteiger partial charge in [0.05, 0.1) is 0 Å². The van der Waals surface area contributed by atoms with Crippen LogP contribution in [0.4, 0.5) is 5.69 Å². The van der Waals surface area contributed by atoms with E-state index >= 15 is 0 Å². The lowest BCUT2D eigenvalue weighted by atomic mass is 10.3. The van der Waals surface area contributed by atoms with Crippen molar-refractivity contribution in [1.29, 1.82) is 0 Å². The molecular weight excluding hydrogens is 290 g/mol. The topological polar surface area (TPSA) is 47.5 Å². The Bertz CT molecular complexity index is 605. The number of anilines is 1. The first-order chi connectivity index (χ1) is 10.1. The van der Waals surface area contributed by atoms with Crippen LogP contribution in [0.5, 0.6) is 11.6 Å². The van der Waals surface area contributed by atoms with Gasteiger partial charge in [-0.1, -0.05) is 17.7 Å². The summed E-state index contributed by atoms with van der Waals surface area (Å²) in [6.07, 6.45) is 0.